The average molecular weight is 485 g/mol. The summed E-state index contributed by atoms with van der Waals surface area (Å²) in [6.45, 7) is 0. The molecule has 0 aromatic rings. The summed E-state index contributed by atoms with van der Waals surface area (Å²) in [7, 11) is -21.0. The predicted molar refractivity (Wildman–Crippen MR) is 44.0 cm³/mol. The van der Waals surface area contributed by atoms with Crippen LogP contribution in [0, 0.1) is 0 Å². The van der Waals surface area contributed by atoms with Gasteiger partial charge >= 0.3 is 57.3 Å². The van der Waals surface area contributed by atoms with E-state index in [-0.39, 0.29) is 39.0 Å². The van der Waals surface area contributed by atoms with Gasteiger partial charge in [-0.3, -0.25) is 25.9 Å². The van der Waals surface area contributed by atoms with Crippen LogP contribution in [0.25, 0.3) is 0 Å². The van der Waals surface area contributed by atoms with Crippen molar-refractivity contribution in [1.29, 1.82) is 0 Å². The number of hydrogen-bond acceptors (Lipinski definition) is 12. The molecule has 0 unspecified atom stereocenters. The quantitative estimate of drug-likeness (QED) is 0.155. The minimum Gasteiger partial charge on any atom is -0.759 e. The molecule has 0 heterocycles. The van der Waals surface area contributed by atoms with Crippen LogP contribution < -0.4 is 0 Å². The summed E-state index contributed by atoms with van der Waals surface area (Å²) in [6, 6.07) is 0. The Labute approximate surface area is 138 Å². The average Bonchev–Trinajstić information content (AvgIpc) is 1.70. The van der Waals surface area contributed by atoms with Gasteiger partial charge in [-0.25, -0.2) is 0 Å². The third kappa shape index (κ3) is 62.0. The molecule has 20 heteroatoms. The first-order chi connectivity index (χ1) is 7.25. The molecule has 0 amide bonds. The van der Waals surface area contributed by atoms with Gasteiger partial charge in [-0.05, 0) is 0 Å². The Bertz CT molecular complexity index is 552. The minimum absolute atomic E-state index is 0. The summed E-state index contributed by atoms with van der Waals surface area (Å²) in [5.41, 5.74) is 0. The van der Waals surface area contributed by atoms with E-state index in [2.05, 4.69) is 0 Å². The molecule has 0 aromatic carbocycles. The summed E-state index contributed by atoms with van der Waals surface area (Å²) < 4.78 is 121. The van der Waals surface area contributed by atoms with Crippen LogP contribution in [0.3, 0.4) is 0 Å². The molecule has 2 N–H and O–H groups in total. The molecule has 0 fully saturated rings. The van der Waals surface area contributed by atoms with Gasteiger partial charge in [0, 0.05) is 20.8 Å². The minimum atomic E-state index is -5.31. The molecule has 0 radical (unpaired) electrons. The first kappa shape index (κ1) is 32.7. The SMILES string of the molecule is O=S(=O)(O)S(=O)(=O)O.O=S(=O)([O-])[O-].O=S(=O)([O-])[O-].[Zn+2].[Zn+2]. The van der Waals surface area contributed by atoms with Crippen LogP contribution in [-0.2, 0) is 78.1 Å². The van der Waals surface area contributed by atoms with Gasteiger partial charge in [0.05, 0.1) is 0 Å². The van der Waals surface area contributed by atoms with Crippen LogP contribution in [0.15, 0.2) is 0 Å². The largest absolute Gasteiger partial charge is 2.00 e. The smallest absolute Gasteiger partial charge is 0.759 e. The van der Waals surface area contributed by atoms with Crippen LogP contribution in [-0.4, -0.2) is 61.0 Å². The van der Waals surface area contributed by atoms with Gasteiger partial charge in [0.25, 0.3) is 0 Å². The van der Waals surface area contributed by atoms with Crippen molar-refractivity contribution in [2.24, 2.45) is 0 Å². The molecule has 0 aromatic heterocycles. The maximum Gasteiger partial charge on any atom is 2.00 e. The van der Waals surface area contributed by atoms with Gasteiger partial charge in [-0.2, -0.15) is 16.8 Å². The van der Waals surface area contributed by atoms with Crippen molar-refractivity contribution < 1.29 is 99.9 Å². The first-order valence-corrected chi connectivity index (χ1v) is 8.60. The molecule has 0 saturated carbocycles. The van der Waals surface area contributed by atoms with Crippen molar-refractivity contribution in [3.05, 3.63) is 0 Å². The van der Waals surface area contributed by atoms with Gasteiger partial charge in [-0.15, -0.1) is 0 Å². The fourth-order valence-corrected chi connectivity index (χ4v) is 0. The molecule has 0 rings (SSSR count). The summed E-state index contributed by atoms with van der Waals surface area (Å²) in [4.78, 5) is 0. The third-order valence-corrected chi connectivity index (χ3v) is 2.40. The second-order valence-electron chi connectivity index (χ2n) is 1.67. The normalized spacial score (nSPS) is 11.3. The van der Waals surface area contributed by atoms with Crippen molar-refractivity contribution in [3.63, 3.8) is 0 Å². The Hall–Kier alpha value is 0.807. The molecular formula is H2O14S4Zn2. The Morgan fingerprint density at radius 1 is 0.500 bits per heavy atom. The van der Waals surface area contributed by atoms with E-state index in [0.717, 1.165) is 0 Å². The van der Waals surface area contributed by atoms with Gasteiger partial charge in [-0.1, -0.05) is 0 Å². The van der Waals surface area contributed by atoms with Crippen molar-refractivity contribution in [1.82, 2.24) is 0 Å². The van der Waals surface area contributed by atoms with Crippen LogP contribution >= 0.6 is 0 Å². The maximum absolute atomic E-state index is 9.37. The zero-order valence-corrected chi connectivity index (χ0v) is 18.0. The molecule has 0 aliphatic carbocycles. The van der Waals surface area contributed by atoms with E-state index in [1.807, 2.05) is 0 Å². The molecule has 0 saturated heterocycles. The second kappa shape index (κ2) is 11.4. The maximum atomic E-state index is 9.37. The zero-order chi connectivity index (χ0) is 16.0. The van der Waals surface area contributed by atoms with Gasteiger partial charge in [0.1, 0.15) is 0 Å². The molecule has 0 aliphatic heterocycles. The number of hydrogen-bond donors (Lipinski definition) is 2. The summed E-state index contributed by atoms with van der Waals surface area (Å²) in [6.07, 6.45) is 0. The van der Waals surface area contributed by atoms with Crippen molar-refractivity contribution >= 4 is 39.1 Å². The molecule has 114 valence electrons. The van der Waals surface area contributed by atoms with Crippen LogP contribution in [0.4, 0.5) is 0 Å². The van der Waals surface area contributed by atoms with Crippen LogP contribution in [0.1, 0.15) is 0 Å². The molecule has 0 atom stereocenters. The predicted octanol–water partition coefficient (Wildman–Crippen LogP) is -4.00. The van der Waals surface area contributed by atoms with Crippen molar-refractivity contribution in [3.8, 4) is 0 Å². The van der Waals surface area contributed by atoms with E-state index in [9.17, 15) is 16.8 Å². The van der Waals surface area contributed by atoms with Crippen LogP contribution in [0.5, 0.6) is 0 Å². The Morgan fingerprint density at radius 2 is 0.550 bits per heavy atom. The van der Waals surface area contributed by atoms with Crippen molar-refractivity contribution in [2.75, 3.05) is 0 Å². The summed E-state index contributed by atoms with van der Waals surface area (Å²) in [5, 5.41) is 0. The zero-order valence-electron chi connectivity index (χ0n) is 8.84. The molecule has 14 nitrogen and oxygen atoms in total. The van der Waals surface area contributed by atoms with Crippen molar-refractivity contribution in [2.45, 2.75) is 0 Å². The van der Waals surface area contributed by atoms with E-state index in [1.54, 1.807) is 0 Å². The molecule has 0 aliphatic rings. The van der Waals surface area contributed by atoms with Gasteiger partial charge in [0.15, 0.2) is 0 Å². The topological polar surface area (TPSA) is 269 Å². The fourth-order valence-electron chi connectivity index (χ4n) is 0. The van der Waals surface area contributed by atoms with Gasteiger partial charge < -0.3 is 18.2 Å². The Balaban J connectivity index is -0.0000000558. The summed E-state index contributed by atoms with van der Waals surface area (Å²) in [5.74, 6) is 0. The standard InChI is InChI=1S/H2O6S2.2H2O4S.2Zn/c1-7(2,3)8(4,5)6;2*1-5(2,3)4;;/h(H,1,2,3)(H,4,5,6);2*(H2,1,2,3,4);;/q;;;2*+2/p-4. The van der Waals surface area contributed by atoms with E-state index in [4.69, 9.17) is 44.2 Å². The summed E-state index contributed by atoms with van der Waals surface area (Å²) >= 11 is 0. The third-order valence-electron chi connectivity index (χ3n) is 0.266. The monoisotopic (exact) mass is 482 g/mol. The van der Waals surface area contributed by atoms with Gasteiger partial charge in [0.2, 0.25) is 0 Å². The molecule has 0 bridgehead atoms. The van der Waals surface area contributed by atoms with E-state index in [0.29, 0.717) is 0 Å². The molecule has 0 spiro atoms. The van der Waals surface area contributed by atoms with E-state index >= 15 is 0 Å². The Morgan fingerprint density at radius 3 is 0.550 bits per heavy atom. The number of rotatable bonds is 1. The van der Waals surface area contributed by atoms with Crippen LogP contribution in [0.2, 0.25) is 0 Å². The fraction of sp³-hybridized carbons (Fsp3) is 0. The molecular weight excluding hydrogens is 483 g/mol. The first-order valence-electron chi connectivity index (χ1n) is 2.53. The second-order valence-corrected chi connectivity index (χ2v) is 7.54. The molecule has 20 heavy (non-hydrogen) atoms. The Kier molecular flexibility index (Phi) is 18.6. The van der Waals surface area contributed by atoms with E-state index < -0.39 is 39.1 Å². The van der Waals surface area contributed by atoms with E-state index in [1.165, 1.54) is 0 Å².